The zero-order valence-electron chi connectivity index (χ0n) is 4.98. The van der Waals surface area contributed by atoms with Crippen molar-refractivity contribution in [3.05, 3.63) is 11.9 Å². The summed E-state index contributed by atoms with van der Waals surface area (Å²) in [6.45, 7) is 0. The van der Waals surface area contributed by atoms with Crippen LogP contribution in [0.3, 0.4) is 0 Å². The fraction of sp³-hybridized carbons (Fsp3) is 0.500. The Morgan fingerprint density at radius 2 is 2.67 bits per heavy atom. The summed E-state index contributed by atoms with van der Waals surface area (Å²) in [5.74, 6) is 0.816. The van der Waals surface area contributed by atoms with E-state index < -0.39 is 0 Å². The highest BCUT2D eigenvalue weighted by molar-refractivity contribution is 8.68. The van der Waals surface area contributed by atoms with E-state index in [2.05, 4.69) is 22.0 Å². The number of hydrogen-bond donors (Lipinski definition) is 1. The maximum Gasteiger partial charge on any atom is 0.0934 e. The number of thiol groups is 1. The van der Waals surface area contributed by atoms with Crippen molar-refractivity contribution in [3.63, 3.8) is 0 Å². The van der Waals surface area contributed by atoms with Crippen LogP contribution in [0.2, 0.25) is 0 Å². The predicted molar refractivity (Wildman–Crippen MR) is 41.3 cm³/mol. The summed E-state index contributed by atoms with van der Waals surface area (Å²) < 4.78 is 1.68. The second-order valence-corrected chi connectivity index (χ2v) is 2.98. The summed E-state index contributed by atoms with van der Waals surface area (Å²) >= 11 is 3.98. The van der Waals surface area contributed by atoms with Crippen LogP contribution in [0.25, 0.3) is 0 Å². The van der Waals surface area contributed by atoms with Crippen molar-refractivity contribution in [1.82, 2.24) is 15.0 Å². The van der Waals surface area contributed by atoms with E-state index in [1.54, 1.807) is 4.68 Å². The van der Waals surface area contributed by atoms with Crippen molar-refractivity contribution in [2.24, 2.45) is 7.05 Å². The molecule has 0 bridgehead atoms. The highest BCUT2D eigenvalue weighted by atomic mass is 33.1. The lowest BCUT2D eigenvalue weighted by Gasteiger charge is -1.83. The first-order valence-corrected chi connectivity index (χ1v) is 4.48. The minimum absolute atomic E-state index is 0.816. The Bertz CT molecular complexity index is 186. The van der Waals surface area contributed by atoms with E-state index in [0.29, 0.717) is 0 Å². The molecule has 1 aromatic heterocycles. The molecule has 3 nitrogen and oxygen atoms in total. The van der Waals surface area contributed by atoms with E-state index >= 15 is 0 Å². The third kappa shape index (κ3) is 1.91. The number of aromatic nitrogens is 3. The molecule has 9 heavy (non-hydrogen) atoms. The zero-order valence-corrected chi connectivity index (χ0v) is 6.69. The van der Waals surface area contributed by atoms with Crippen LogP contribution < -0.4 is 0 Å². The second kappa shape index (κ2) is 3.12. The van der Waals surface area contributed by atoms with Crippen LogP contribution >= 0.6 is 22.5 Å². The minimum Gasteiger partial charge on any atom is -0.255 e. The van der Waals surface area contributed by atoms with Gasteiger partial charge in [0.15, 0.2) is 0 Å². The van der Waals surface area contributed by atoms with E-state index in [1.165, 1.54) is 10.8 Å². The largest absolute Gasteiger partial charge is 0.255 e. The molecule has 1 heterocycles. The fourth-order valence-corrected chi connectivity index (χ4v) is 1.19. The average Bonchev–Trinajstić information content (AvgIpc) is 2.17. The molecule has 0 fully saturated rings. The molecule has 0 amide bonds. The molecule has 0 saturated carbocycles. The first-order chi connectivity index (χ1) is 4.33. The van der Waals surface area contributed by atoms with Crippen molar-refractivity contribution < 1.29 is 0 Å². The molecule has 0 atom stereocenters. The van der Waals surface area contributed by atoms with Gasteiger partial charge in [-0.1, -0.05) is 16.0 Å². The lowest BCUT2D eigenvalue weighted by molar-refractivity contribution is 0.714. The highest BCUT2D eigenvalue weighted by Crippen LogP contribution is 2.11. The Morgan fingerprint density at radius 1 is 1.89 bits per heavy atom. The lowest BCUT2D eigenvalue weighted by atomic mass is 10.6. The van der Waals surface area contributed by atoms with Gasteiger partial charge < -0.3 is 0 Å². The standard InChI is InChI=1S/C4H7N3S2/c1-7-2-4(3-9-8)5-6-7/h2,8H,3H2,1H3. The molecule has 0 unspecified atom stereocenters. The molecule has 1 rings (SSSR count). The molecule has 5 heteroatoms. The fourth-order valence-electron chi connectivity index (χ4n) is 0.528. The molecular weight excluding hydrogens is 154 g/mol. The highest BCUT2D eigenvalue weighted by Gasteiger charge is 1.94. The van der Waals surface area contributed by atoms with Gasteiger partial charge in [-0.25, -0.2) is 0 Å². The monoisotopic (exact) mass is 161 g/mol. The van der Waals surface area contributed by atoms with Crippen LogP contribution in [0.4, 0.5) is 0 Å². The van der Waals surface area contributed by atoms with Gasteiger partial charge in [0.05, 0.1) is 5.69 Å². The molecule has 0 aliphatic heterocycles. The van der Waals surface area contributed by atoms with Crippen molar-refractivity contribution in [2.45, 2.75) is 5.75 Å². The van der Waals surface area contributed by atoms with Gasteiger partial charge in [-0.2, -0.15) is 0 Å². The maximum atomic E-state index is 3.98. The Labute approximate surface area is 62.6 Å². The summed E-state index contributed by atoms with van der Waals surface area (Å²) in [6.07, 6.45) is 1.88. The molecule has 0 N–H and O–H groups in total. The van der Waals surface area contributed by atoms with E-state index in [1.807, 2.05) is 13.2 Å². The first-order valence-electron chi connectivity index (χ1n) is 2.44. The molecule has 0 spiro atoms. The van der Waals surface area contributed by atoms with Crippen molar-refractivity contribution in [1.29, 1.82) is 0 Å². The minimum atomic E-state index is 0.816. The molecule has 1 aromatic rings. The van der Waals surface area contributed by atoms with Crippen molar-refractivity contribution in [3.8, 4) is 0 Å². The molecule has 0 radical (unpaired) electrons. The van der Waals surface area contributed by atoms with Crippen LogP contribution in [-0.4, -0.2) is 15.0 Å². The van der Waals surface area contributed by atoms with Gasteiger partial charge in [-0.15, -0.1) is 16.8 Å². The molecule has 0 aromatic carbocycles. The van der Waals surface area contributed by atoms with E-state index in [4.69, 9.17) is 0 Å². The molecular formula is C4H7N3S2. The van der Waals surface area contributed by atoms with Crippen LogP contribution in [0.1, 0.15) is 5.69 Å². The third-order valence-corrected chi connectivity index (χ3v) is 1.67. The molecule has 0 aliphatic rings. The van der Waals surface area contributed by atoms with Gasteiger partial charge in [-0.3, -0.25) is 4.68 Å². The van der Waals surface area contributed by atoms with E-state index in [0.717, 1.165) is 11.4 Å². The molecule has 50 valence electrons. The van der Waals surface area contributed by atoms with E-state index in [-0.39, 0.29) is 0 Å². The third-order valence-electron chi connectivity index (χ3n) is 0.863. The van der Waals surface area contributed by atoms with Gasteiger partial charge in [0.1, 0.15) is 0 Å². The Balaban J connectivity index is 2.61. The summed E-state index contributed by atoms with van der Waals surface area (Å²) in [7, 11) is 3.29. The SMILES string of the molecule is Cn1cc(CSS)nn1. The van der Waals surface area contributed by atoms with Gasteiger partial charge in [0.25, 0.3) is 0 Å². The normalized spacial score (nSPS) is 10.0. The Hall–Kier alpha value is -0.160. The Morgan fingerprint density at radius 3 is 3.11 bits per heavy atom. The van der Waals surface area contributed by atoms with Crippen LogP contribution in [0, 0.1) is 0 Å². The quantitative estimate of drug-likeness (QED) is 0.516. The lowest BCUT2D eigenvalue weighted by Crippen LogP contribution is -1.85. The topological polar surface area (TPSA) is 30.7 Å². The average molecular weight is 161 g/mol. The van der Waals surface area contributed by atoms with Crippen molar-refractivity contribution in [2.75, 3.05) is 0 Å². The number of rotatable bonds is 2. The van der Waals surface area contributed by atoms with Crippen molar-refractivity contribution >= 4 is 22.5 Å². The van der Waals surface area contributed by atoms with Gasteiger partial charge in [-0.05, 0) is 0 Å². The smallest absolute Gasteiger partial charge is 0.0934 e. The second-order valence-electron chi connectivity index (χ2n) is 1.66. The van der Waals surface area contributed by atoms with Crippen LogP contribution in [0.5, 0.6) is 0 Å². The van der Waals surface area contributed by atoms with E-state index in [9.17, 15) is 0 Å². The van der Waals surface area contributed by atoms with Gasteiger partial charge >= 0.3 is 0 Å². The maximum absolute atomic E-state index is 3.98. The summed E-state index contributed by atoms with van der Waals surface area (Å²) in [4.78, 5) is 0. The molecule has 0 saturated heterocycles. The van der Waals surface area contributed by atoms with Crippen LogP contribution in [-0.2, 0) is 12.8 Å². The van der Waals surface area contributed by atoms with Crippen LogP contribution in [0.15, 0.2) is 6.20 Å². The first kappa shape index (κ1) is 6.95. The Kier molecular flexibility index (Phi) is 2.41. The summed E-state index contributed by atoms with van der Waals surface area (Å²) in [5, 5.41) is 7.60. The van der Waals surface area contributed by atoms with Gasteiger partial charge in [0, 0.05) is 19.0 Å². The molecule has 0 aliphatic carbocycles. The summed E-state index contributed by atoms with van der Waals surface area (Å²) in [5.41, 5.74) is 0.970. The van der Waals surface area contributed by atoms with Gasteiger partial charge in [0.2, 0.25) is 0 Å². The number of aryl methyl sites for hydroxylation is 1. The summed E-state index contributed by atoms with van der Waals surface area (Å²) in [6, 6.07) is 0. The zero-order chi connectivity index (χ0) is 6.69. The number of hydrogen-bond acceptors (Lipinski definition) is 4. The predicted octanol–water partition coefficient (Wildman–Crippen LogP) is 0.893. The number of nitrogens with zero attached hydrogens (tertiary/aromatic N) is 3.